The Hall–Kier alpha value is -5.00. The van der Waals surface area contributed by atoms with Crippen LogP contribution in [0, 0.1) is 0 Å². The Bertz CT molecular complexity index is 1820. The minimum atomic E-state index is -0.549. The quantitative estimate of drug-likeness (QED) is 0.0737. The molecule has 1 aliphatic heterocycles. The molecule has 1 atom stereocenters. The normalized spacial score (nSPS) is 16.8. The number of rotatable bonds is 11. The second-order valence-corrected chi connectivity index (χ2v) is 12.2. The lowest BCUT2D eigenvalue weighted by Gasteiger charge is -2.37. The number of likely N-dealkylation sites (N-methyl/N-ethyl adjacent to an activating group) is 1. The fraction of sp³-hybridized carbons (Fsp3) is 0.444. The van der Waals surface area contributed by atoms with Gasteiger partial charge in [-0.15, -0.1) is 0 Å². The number of allylic oxidation sites excluding steroid dienone is 3. The van der Waals surface area contributed by atoms with Crippen molar-refractivity contribution in [2.24, 2.45) is 0 Å². The molecule has 4 heterocycles. The van der Waals surface area contributed by atoms with Crippen molar-refractivity contribution in [3.05, 3.63) is 127 Å². The van der Waals surface area contributed by atoms with Crippen LogP contribution in [0.15, 0.2) is 92.9 Å². The zero-order chi connectivity index (χ0) is 38.2. The number of aldehydes is 1. The number of hydrogen-bond donors (Lipinski definition) is 4. The number of pyridine rings is 3. The van der Waals surface area contributed by atoms with Gasteiger partial charge in [-0.3, -0.25) is 49.0 Å². The van der Waals surface area contributed by atoms with E-state index in [0.717, 1.165) is 5.06 Å². The third-order valence-corrected chi connectivity index (χ3v) is 8.87. The van der Waals surface area contributed by atoms with E-state index in [0.29, 0.717) is 102 Å². The highest BCUT2D eigenvalue weighted by Gasteiger charge is 2.24. The molecule has 0 radical (unpaired) electrons. The summed E-state index contributed by atoms with van der Waals surface area (Å²) in [5.74, 6) is 0. The van der Waals surface area contributed by atoms with E-state index < -0.39 is 22.7 Å². The highest BCUT2D eigenvalue weighted by Crippen LogP contribution is 2.19. The SMILES string of the molecule is CC.CC(c1cccc(=O)n1O)N1CCN(C/C(=C/C=C\C=O)N(C)O)CCN(Cc2cccc(=O)n2O)CCN(Cc2cccc(=O)n2O)CC1. The smallest absolute Gasteiger partial charge is 0.283 e. The molecule has 1 fully saturated rings. The highest BCUT2D eigenvalue weighted by molar-refractivity contribution is 5.65. The average molecular weight is 725 g/mol. The van der Waals surface area contributed by atoms with Crippen molar-refractivity contribution in [3.8, 4) is 0 Å². The Kier molecular flexibility index (Phi) is 16.5. The van der Waals surface area contributed by atoms with E-state index in [1.165, 1.54) is 31.3 Å². The van der Waals surface area contributed by atoms with Crippen molar-refractivity contribution in [2.75, 3.05) is 66.0 Å². The molecule has 0 aliphatic carbocycles. The van der Waals surface area contributed by atoms with E-state index in [2.05, 4.69) is 19.6 Å². The predicted molar refractivity (Wildman–Crippen MR) is 195 cm³/mol. The lowest BCUT2D eigenvalue weighted by Crippen LogP contribution is -2.47. The van der Waals surface area contributed by atoms with E-state index in [9.17, 15) is 40.0 Å². The van der Waals surface area contributed by atoms with Crippen molar-refractivity contribution in [3.63, 3.8) is 0 Å². The van der Waals surface area contributed by atoms with E-state index in [4.69, 9.17) is 0 Å². The van der Waals surface area contributed by atoms with E-state index >= 15 is 0 Å². The largest absolute Gasteiger partial charge is 0.425 e. The van der Waals surface area contributed by atoms with Gasteiger partial charge in [0.1, 0.15) is 6.29 Å². The van der Waals surface area contributed by atoms with Gasteiger partial charge in [-0.1, -0.05) is 38.1 Å². The van der Waals surface area contributed by atoms with Crippen LogP contribution >= 0.6 is 0 Å². The summed E-state index contributed by atoms with van der Waals surface area (Å²) in [5.41, 5.74) is 0.106. The first kappa shape index (κ1) is 41.4. The van der Waals surface area contributed by atoms with Crippen LogP contribution in [-0.2, 0) is 17.9 Å². The molecule has 4 N–H and O–H groups in total. The molecule has 0 bridgehead atoms. The lowest BCUT2D eigenvalue weighted by atomic mass is 10.1. The third-order valence-electron chi connectivity index (χ3n) is 8.87. The molecule has 0 saturated carbocycles. The minimum Gasteiger partial charge on any atom is -0.425 e. The molecule has 16 heteroatoms. The summed E-state index contributed by atoms with van der Waals surface area (Å²) in [6.07, 6.45) is 5.16. The monoisotopic (exact) mass is 724 g/mol. The molecule has 1 unspecified atom stereocenters. The second kappa shape index (κ2) is 20.8. The third kappa shape index (κ3) is 11.8. The van der Waals surface area contributed by atoms with Crippen LogP contribution in [0.5, 0.6) is 0 Å². The van der Waals surface area contributed by atoms with Crippen molar-refractivity contribution in [1.29, 1.82) is 0 Å². The Labute approximate surface area is 303 Å². The van der Waals surface area contributed by atoms with Crippen LogP contribution in [0.1, 0.15) is 43.9 Å². The van der Waals surface area contributed by atoms with Gasteiger partial charge >= 0.3 is 0 Å². The summed E-state index contributed by atoms with van der Waals surface area (Å²) in [4.78, 5) is 56.1. The zero-order valence-corrected chi connectivity index (χ0v) is 30.4. The van der Waals surface area contributed by atoms with Crippen molar-refractivity contribution >= 4 is 6.29 Å². The summed E-state index contributed by atoms with van der Waals surface area (Å²) >= 11 is 0. The fourth-order valence-electron chi connectivity index (χ4n) is 5.87. The molecule has 4 rings (SSSR count). The molecule has 16 nitrogen and oxygen atoms in total. The Balaban J connectivity index is 0.00000358. The molecule has 1 saturated heterocycles. The van der Waals surface area contributed by atoms with Crippen LogP contribution in [0.4, 0.5) is 0 Å². The average Bonchev–Trinajstić information content (AvgIpc) is 3.13. The highest BCUT2D eigenvalue weighted by atomic mass is 16.5. The van der Waals surface area contributed by atoms with Gasteiger partial charge in [0.05, 0.1) is 28.8 Å². The summed E-state index contributed by atoms with van der Waals surface area (Å²) in [7, 11) is 1.50. The maximum atomic E-state index is 12.3. The topological polar surface area (TPSA) is 180 Å². The molecule has 52 heavy (non-hydrogen) atoms. The number of carbonyl (C=O) groups excluding carboxylic acids is 1. The minimum absolute atomic E-state index is 0.242. The Morgan fingerprint density at radius 2 is 1.13 bits per heavy atom. The fourth-order valence-corrected chi connectivity index (χ4v) is 5.87. The molecule has 1 aliphatic rings. The summed E-state index contributed by atoms with van der Waals surface area (Å²) < 4.78 is 1.90. The van der Waals surface area contributed by atoms with Crippen molar-refractivity contribution < 1.29 is 25.6 Å². The van der Waals surface area contributed by atoms with Crippen LogP contribution in [-0.4, -0.2) is 132 Å². The lowest BCUT2D eigenvalue weighted by molar-refractivity contribution is -0.104. The van der Waals surface area contributed by atoms with Gasteiger partial charge in [-0.25, -0.2) is 0 Å². The van der Waals surface area contributed by atoms with Gasteiger partial charge in [0.25, 0.3) is 16.7 Å². The maximum Gasteiger partial charge on any atom is 0.283 e. The number of nitrogens with zero attached hydrogens (tertiary/aromatic N) is 8. The number of hydroxylamine groups is 2. The molecule has 3 aromatic rings. The maximum absolute atomic E-state index is 12.3. The van der Waals surface area contributed by atoms with Gasteiger partial charge in [0, 0.05) is 97.2 Å². The Morgan fingerprint density at radius 3 is 1.63 bits per heavy atom. The standard InChI is InChI=1S/C34H46N8O8.C2H6/c1-27(31-11-7-14-34(46)42(31)50)39-21-19-37(24-28(35(2)47)8-3-4-23-43)17-15-36(25-29-9-5-12-32(44)40(29)48)16-18-38(20-22-39)26-30-10-6-13-33(45)41(30)49;1-2/h3-14,23,27,47-50H,15-22,24-26H2,1-2H3;1-2H3/b4-3-,28-8-;. The second-order valence-electron chi connectivity index (χ2n) is 12.2. The molecule has 3 aromatic heterocycles. The first-order valence-corrected chi connectivity index (χ1v) is 17.3. The van der Waals surface area contributed by atoms with E-state index in [1.807, 2.05) is 20.8 Å². The molecular weight excluding hydrogens is 672 g/mol. The first-order chi connectivity index (χ1) is 25.0. The van der Waals surface area contributed by atoms with Gasteiger partial charge in [-0.05, 0) is 37.3 Å². The Morgan fingerprint density at radius 1 is 0.692 bits per heavy atom. The number of hydrogen-bond acceptors (Lipinski definition) is 13. The van der Waals surface area contributed by atoms with Crippen molar-refractivity contribution in [2.45, 2.75) is 39.9 Å². The van der Waals surface area contributed by atoms with Gasteiger partial charge in [0.2, 0.25) is 0 Å². The van der Waals surface area contributed by atoms with Gasteiger partial charge < -0.3 is 15.6 Å². The summed E-state index contributed by atoms with van der Waals surface area (Å²) in [5, 5.41) is 43.0. The van der Waals surface area contributed by atoms with E-state index in [1.54, 1.807) is 48.6 Å². The summed E-state index contributed by atoms with van der Waals surface area (Å²) in [6.45, 7) is 10.6. The molecule has 0 aromatic carbocycles. The van der Waals surface area contributed by atoms with Crippen molar-refractivity contribution in [1.82, 2.24) is 38.9 Å². The molecule has 284 valence electrons. The van der Waals surface area contributed by atoms with Crippen LogP contribution < -0.4 is 16.7 Å². The van der Waals surface area contributed by atoms with Crippen LogP contribution in [0.25, 0.3) is 0 Å². The van der Waals surface area contributed by atoms with Gasteiger partial charge in [-0.2, -0.15) is 14.2 Å². The van der Waals surface area contributed by atoms with E-state index in [-0.39, 0.29) is 13.1 Å². The number of aromatic nitrogens is 3. The zero-order valence-electron chi connectivity index (χ0n) is 30.4. The molecular formula is C36H52N8O8. The predicted octanol–water partition coefficient (Wildman–Crippen LogP) is 1.55. The molecule has 0 spiro atoms. The van der Waals surface area contributed by atoms with Gasteiger partial charge in [0.15, 0.2) is 0 Å². The molecule has 0 amide bonds. The number of carbonyl (C=O) groups is 1. The summed E-state index contributed by atoms with van der Waals surface area (Å²) in [6, 6.07) is 13.2. The van der Waals surface area contributed by atoms with Crippen LogP contribution in [0.3, 0.4) is 0 Å². The van der Waals surface area contributed by atoms with Crippen LogP contribution in [0.2, 0.25) is 0 Å². The first-order valence-electron chi connectivity index (χ1n) is 17.3.